The van der Waals surface area contributed by atoms with Gasteiger partial charge in [0, 0.05) is 24.6 Å². The molecular formula is C6H9BrN2O. The quantitative estimate of drug-likeness (QED) is 0.693. The fourth-order valence-corrected chi connectivity index (χ4v) is 0.776. The van der Waals surface area contributed by atoms with Gasteiger partial charge in [0.15, 0.2) is 0 Å². The van der Waals surface area contributed by atoms with E-state index in [9.17, 15) is 0 Å². The molecule has 0 fully saturated rings. The highest BCUT2D eigenvalue weighted by Crippen LogP contribution is 2.03. The minimum atomic E-state index is 0.664. The zero-order valence-electron chi connectivity index (χ0n) is 5.75. The molecule has 4 heteroatoms. The molecule has 0 aromatic carbocycles. The standard InChI is InChI=1S/C6H9BrN2O/c1-9-4-2-6(8-9)10-5-3-7/h2,4H,3,5H2,1H3. The number of rotatable bonds is 3. The third-order valence-electron chi connectivity index (χ3n) is 1.02. The smallest absolute Gasteiger partial charge is 0.232 e. The van der Waals surface area contributed by atoms with Gasteiger partial charge in [-0.25, -0.2) is 0 Å². The summed E-state index contributed by atoms with van der Waals surface area (Å²) in [4.78, 5) is 0. The van der Waals surface area contributed by atoms with E-state index in [1.807, 2.05) is 19.3 Å². The maximum atomic E-state index is 5.20. The molecule has 0 aliphatic rings. The Bertz CT molecular complexity index is 199. The zero-order valence-corrected chi connectivity index (χ0v) is 7.34. The van der Waals surface area contributed by atoms with Crippen molar-refractivity contribution in [1.82, 2.24) is 9.78 Å². The molecule has 1 aromatic heterocycles. The van der Waals surface area contributed by atoms with Gasteiger partial charge in [0.1, 0.15) is 0 Å². The number of aryl methyl sites for hydroxylation is 1. The van der Waals surface area contributed by atoms with E-state index in [1.165, 1.54) is 0 Å². The SMILES string of the molecule is Cn1ccc(OCCBr)n1. The van der Waals surface area contributed by atoms with Crippen LogP contribution in [0.3, 0.4) is 0 Å². The van der Waals surface area contributed by atoms with Gasteiger partial charge in [0.05, 0.1) is 6.61 Å². The fourth-order valence-electron chi connectivity index (χ4n) is 0.614. The van der Waals surface area contributed by atoms with Gasteiger partial charge in [0.2, 0.25) is 5.88 Å². The molecule has 0 saturated carbocycles. The van der Waals surface area contributed by atoms with Gasteiger partial charge >= 0.3 is 0 Å². The number of alkyl halides is 1. The molecule has 0 aliphatic carbocycles. The average Bonchev–Trinajstić information content (AvgIpc) is 2.31. The summed E-state index contributed by atoms with van der Waals surface area (Å²) in [5, 5.41) is 4.86. The van der Waals surface area contributed by atoms with E-state index >= 15 is 0 Å². The molecular weight excluding hydrogens is 196 g/mol. The van der Waals surface area contributed by atoms with Crippen molar-refractivity contribution in [2.24, 2.45) is 7.05 Å². The average molecular weight is 205 g/mol. The van der Waals surface area contributed by atoms with E-state index in [0.29, 0.717) is 12.5 Å². The lowest BCUT2D eigenvalue weighted by Crippen LogP contribution is -1.98. The van der Waals surface area contributed by atoms with Crippen molar-refractivity contribution >= 4 is 15.9 Å². The lowest BCUT2D eigenvalue weighted by Gasteiger charge is -1.96. The second-order valence-corrected chi connectivity index (χ2v) is 2.66. The molecule has 10 heavy (non-hydrogen) atoms. The van der Waals surface area contributed by atoms with Crippen molar-refractivity contribution in [2.75, 3.05) is 11.9 Å². The summed E-state index contributed by atoms with van der Waals surface area (Å²) < 4.78 is 6.91. The van der Waals surface area contributed by atoms with Crippen molar-refractivity contribution in [2.45, 2.75) is 0 Å². The molecule has 0 N–H and O–H groups in total. The first-order valence-electron chi connectivity index (χ1n) is 3.01. The van der Waals surface area contributed by atoms with Crippen LogP contribution < -0.4 is 4.74 Å². The van der Waals surface area contributed by atoms with Crippen LogP contribution in [0.15, 0.2) is 12.3 Å². The highest BCUT2D eigenvalue weighted by atomic mass is 79.9. The molecule has 0 atom stereocenters. The Hall–Kier alpha value is -0.510. The van der Waals surface area contributed by atoms with Crippen LogP contribution in [-0.4, -0.2) is 21.7 Å². The normalized spacial score (nSPS) is 9.80. The third-order valence-corrected chi connectivity index (χ3v) is 1.34. The predicted molar refractivity (Wildman–Crippen MR) is 42.5 cm³/mol. The molecule has 1 heterocycles. The lowest BCUT2D eigenvalue weighted by atomic mass is 10.7. The Morgan fingerprint density at radius 3 is 3.10 bits per heavy atom. The maximum absolute atomic E-state index is 5.20. The number of aromatic nitrogens is 2. The van der Waals surface area contributed by atoms with Crippen LogP contribution >= 0.6 is 15.9 Å². The molecule has 1 rings (SSSR count). The highest BCUT2D eigenvalue weighted by molar-refractivity contribution is 9.09. The van der Waals surface area contributed by atoms with Gasteiger partial charge in [-0.3, -0.25) is 4.68 Å². The molecule has 0 radical (unpaired) electrons. The highest BCUT2D eigenvalue weighted by Gasteiger charge is 1.93. The number of nitrogens with zero attached hydrogens (tertiary/aromatic N) is 2. The molecule has 0 amide bonds. The lowest BCUT2D eigenvalue weighted by molar-refractivity contribution is 0.327. The number of hydrogen-bond donors (Lipinski definition) is 0. The number of ether oxygens (including phenoxy) is 1. The van der Waals surface area contributed by atoms with E-state index in [2.05, 4.69) is 21.0 Å². The van der Waals surface area contributed by atoms with E-state index in [-0.39, 0.29) is 0 Å². The van der Waals surface area contributed by atoms with Crippen LogP contribution in [0.25, 0.3) is 0 Å². The monoisotopic (exact) mass is 204 g/mol. The minimum absolute atomic E-state index is 0.664. The number of halogens is 1. The minimum Gasteiger partial charge on any atom is -0.476 e. The van der Waals surface area contributed by atoms with Crippen molar-refractivity contribution < 1.29 is 4.74 Å². The second-order valence-electron chi connectivity index (χ2n) is 1.87. The van der Waals surface area contributed by atoms with Gasteiger partial charge in [-0.05, 0) is 0 Å². The van der Waals surface area contributed by atoms with Crippen LogP contribution in [0.5, 0.6) is 5.88 Å². The van der Waals surface area contributed by atoms with Crippen LogP contribution in [0.4, 0.5) is 0 Å². The summed E-state index contributed by atoms with van der Waals surface area (Å²) in [5.41, 5.74) is 0. The van der Waals surface area contributed by atoms with E-state index in [4.69, 9.17) is 4.74 Å². The first-order chi connectivity index (χ1) is 4.83. The Morgan fingerprint density at radius 2 is 2.60 bits per heavy atom. The van der Waals surface area contributed by atoms with Gasteiger partial charge in [-0.2, -0.15) is 0 Å². The van der Waals surface area contributed by atoms with Crippen molar-refractivity contribution in [3.8, 4) is 5.88 Å². The van der Waals surface area contributed by atoms with Crippen LogP contribution in [0.2, 0.25) is 0 Å². The summed E-state index contributed by atoms with van der Waals surface area (Å²) in [6, 6.07) is 1.84. The van der Waals surface area contributed by atoms with Gasteiger partial charge in [-0.1, -0.05) is 15.9 Å². The predicted octanol–water partition coefficient (Wildman–Crippen LogP) is 1.19. The molecule has 0 bridgehead atoms. The summed E-state index contributed by atoms with van der Waals surface area (Å²) in [7, 11) is 1.86. The number of hydrogen-bond acceptors (Lipinski definition) is 2. The fraction of sp³-hybridized carbons (Fsp3) is 0.500. The summed E-state index contributed by atoms with van der Waals surface area (Å²) in [5.74, 6) is 0.682. The molecule has 0 aliphatic heterocycles. The molecule has 56 valence electrons. The second kappa shape index (κ2) is 3.61. The van der Waals surface area contributed by atoms with Crippen molar-refractivity contribution in [1.29, 1.82) is 0 Å². The largest absolute Gasteiger partial charge is 0.476 e. The molecule has 0 saturated heterocycles. The Kier molecular flexibility index (Phi) is 2.74. The van der Waals surface area contributed by atoms with E-state index in [0.717, 1.165) is 5.33 Å². The Balaban J connectivity index is 2.42. The van der Waals surface area contributed by atoms with Gasteiger partial charge in [0.25, 0.3) is 0 Å². The van der Waals surface area contributed by atoms with Crippen molar-refractivity contribution in [3.05, 3.63) is 12.3 Å². The third kappa shape index (κ3) is 2.02. The van der Waals surface area contributed by atoms with Crippen LogP contribution in [-0.2, 0) is 7.05 Å². The zero-order chi connectivity index (χ0) is 7.40. The van der Waals surface area contributed by atoms with E-state index in [1.54, 1.807) is 4.68 Å². The van der Waals surface area contributed by atoms with E-state index < -0.39 is 0 Å². The molecule has 0 unspecified atom stereocenters. The summed E-state index contributed by atoms with van der Waals surface area (Å²) in [6.07, 6.45) is 1.85. The Labute approximate surface area is 68.1 Å². The first-order valence-corrected chi connectivity index (χ1v) is 4.13. The van der Waals surface area contributed by atoms with Gasteiger partial charge < -0.3 is 4.74 Å². The summed E-state index contributed by atoms with van der Waals surface area (Å²) >= 11 is 3.25. The van der Waals surface area contributed by atoms with Gasteiger partial charge in [-0.15, -0.1) is 5.10 Å². The van der Waals surface area contributed by atoms with Crippen molar-refractivity contribution in [3.63, 3.8) is 0 Å². The molecule has 3 nitrogen and oxygen atoms in total. The summed E-state index contributed by atoms with van der Waals surface area (Å²) in [6.45, 7) is 0.664. The topological polar surface area (TPSA) is 27.1 Å². The van der Waals surface area contributed by atoms with Crippen LogP contribution in [0, 0.1) is 0 Å². The Morgan fingerprint density at radius 1 is 1.80 bits per heavy atom. The maximum Gasteiger partial charge on any atom is 0.232 e. The molecule has 0 spiro atoms. The van der Waals surface area contributed by atoms with Crippen LogP contribution in [0.1, 0.15) is 0 Å². The first kappa shape index (κ1) is 7.60. The molecule has 1 aromatic rings.